The second-order valence-corrected chi connectivity index (χ2v) is 4.94. The maximum absolute atomic E-state index is 5.73. The number of hydrogen-bond acceptors (Lipinski definition) is 2. The second kappa shape index (κ2) is 6.15. The Morgan fingerprint density at radius 1 is 1.18 bits per heavy atom. The molecule has 1 aliphatic heterocycles. The predicted molar refractivity (Wildman–Crippen MR) is 67.7 cm³/mol. The van der Waals surface area contributed by atoms with Crippen LogP contribution in [-0.2, 0) is 16.1 Å². The number of likely N-dealkylation sites (N-methyl/N-ethyl adjacent to an activating group) is 1. The van der Waals surface area contributed by atoms with Gasteiger partial charge in [0.2, 0.25) is 0 Å². The summed E-state index contributed by atoms with van der Waals surface area (Å²) in [5.74, 6) is 0. The Morgan fingerprint density at radius 3 is 2.59 bits per heavy atom. The van der Waals surface area contributed by atoms with Crippen molar-refractivity contribution in [3.63, 3.8) is 0 Å². The summed E-state index contributed by atoms with van der Waals surface area (Å²) in [5, 5.41) is 0. The molecule has 1 saturated heterocycles. The Hall–Kier alpha value is -0.900. The maximum atomic E-state index is 5.73. The Balaban J connectivity index is 1.66. The van der Waals surface area contributed by atoms with E-state index in [0.717, 1.165) is 50.5 Å². The summed E-state index contributed by atoms with van der Waals surface area (Å²) in [5.41, 5.74) is 1.25. The molecule has 0 aromatic heterocycles. The van der Waals surface area contributed by atoms with Gasteiger partial charge in [0.05, 0.1) is 33.5 Å². The molecule has 94 valence electrons. The van der Waals surface area contributed by atoms with Crippen molar-refractivity contribution in [3.8, 4) is 0 Å². The van der Waals surface area contributed by atoms with Crippen LogP contribution in [0.1, 0.15) is 5.56 Å². The smallest absolute Gasteiger partial charge is 0.102 e. The first-order valence-electron chi connectivity index (χ1n) is 6.31. The maximum Gasteiger partial charge on any atom is 0.102 e. The summed E-state index contributed by atoms with van der Waals surface area (Å²) >= 11 is 0. The van der Waals surface area contributed by atoms with Crippen LogP contribution in [0, 0.1) is 0 Å². The van der Waals surface area contributed by atoms with Crippen molar-refractivity contribution in [3.05, 3.63) is 35.9 Å². The van der Waals surface area contributed by atoms with E-state index in [2.05, 4.69) is 31.3 Å². The number of hydrogen-bond donors (Lipinski definition) is 0. The molecular formula is C14H22NO2+. The molecule has 1 heterocycles. The third-order valence-corrected chi connectivity index (χ3v) is 3.44. The number of ether oxygens (including phenoxy) is 2. The first-order valence-corrected chi connectivity index (χ1v) is 6.31. The first kappa shape index (κ1) is 12.6. The molecule has 1 aromatic rings. The largest absolute Gasteiger partial charge is 0.371 e. The first-order chi connectivity index (χ1) is 8.29. The molecule has 1 aliphatic rings. The molecule has 0 unspecified atom stereocenters. The lowest BCUT2D eigenvalue weighted by atomic mass is 10.2. The zero-order valence-corrected chi connectivity index (χ0v) is 10.6. The molecule has 1 fully saturated rings. The summed E-state index contributed by atoms with van der Waals surface area (Å²) in [6.45, 7) is 6.60. The quantitative estimate of drug-likeness (QED) is 0.572. The average molecular weight is 236 g/mol. The van der Waals surface area contributed by atoms with Gasteiger partial charge in [-0.1, -0.05) is 30.3 Å². The van der Waals surface area contributed by atoms with E-state index in [0.29, 0.717) is 0 Å². The molecule has 3 nitrogen and oxygen atoms in total. The summed E-state index contributed by atoms with van der Waals surface area (Å²) in [6.07, 6.45) is 0. The Bertz CT molecular complexity index is 320. The predicted octanol–water partition coefficient (Wildman–Crippen LogP) is 1.68. The fraction of sp³-hybridized carbons (Fsp3) is 0.571. The van der Waals surface area contributed by atoms with E-state index < -0.39 is 0 Å². The van der Waals surface area contributed by atoms with Gasteiger partial charge in [-0.05, 0) is 5.56 Å². The van der Waals surface area contributed by atoms with Gasteiger partial charge >= 0.3 is 0 Å². The molecule has 0 atom stereocenters. The topological polar surface area (TPSA) is 18.5 Å². The molecule has 0 amide bonds. The lowest BCUT2D eigenvalue weighted by molar-refractivity contribution is -0.917. The highest BCUT2D eigenvalue weighted by molar-refractivity contribution is 5.13. The Labute approximate surface area is 104 Å². The molecule has 17 heavy (non-hydrogen) atoms. The van der Waals surface area contributed by atoms with Crippen molar-refractivity contribution in [1.82, 2.24) is 0 Å². The highest BCUT2D eigenvalue weighted by Crippen LogP contribution is 2.07. The average Bonchev–Trinajstić information content (AvgIpc) is 2.37. The van der Waals surface area contributed by atoms with Gasteiger partial charge in [-0.25, -0.2) is 0 Å². The Morgan fingerprint density at radius 2 is 1.88 bits per heavy atom. The molecule has 3 heteroatoms. The van der Waals surface area contributed by atoms with Crippen LogP contribution in [0.2, 0.25) is 0 Å². The number of rotatable bonds is 5. The number of nitrogens with zero attached hydrogens (tertiary/aromatic N) is 1. The van der Waals surface area contributed by atoms with Crippen molar-refractivity contribution in [2.24, 2.45) is 0 Å². The van der Waals surface area contributed by atoms with Crippen molar-refractivity contribution < 1.29 is 14.0 Å². The molecule has 0 radical (unpaired) electrons. The van der Waals surface area contributed by atoms with E-state index in [9.17, 15) is 0 Å². The minimum Gasteiger partial charge on any atom is -0.371 e. The number of quaternary nitrogens is 1. The van der Waals surface area contributed by atoms with Crippen LogP contribution >= 0.6 is 0 Å². The number of benzene rings is 1. The second-order valence-electron chi connectivity index (χ2n) is 4.94. The normalized spacial score (nSPS) is 19.1. The molecule has 0 bridgehead atoms. The van der Waals surface area contributed by atoms with Gasteiger partial charge in [-0.3, -0.25) is 0 Å². The molecule has 0 spiro atoms. The SMILES string of the molecule is C[N+]1(CCOCc2ccccc2)CCOCC1. The molecular weight excluding hydrogens is 214 g/mol. The van der Waals surface area contributed by atoms with Crippen molar-refractivity contribution in [1.29, 1.82) is 0 Å². The van der Waals surface area contributed by atoms with Crippen LogP contribution in [0.15, 0.2) is 30.3 Å². The highest BCUT2D eigenvalue weighted by atomic mass is 16.5. The van der Waals surface area contributed by atoms with Gasteiger partial charge in [0.25, 0.3) is 0 Å². The van der Waals surface area contributed by atoms with Crippen LogP contribution in [-0.4, -0.2) is 51.0 Å². The van der Waals surface area contributed by atoms with Crippen LogP contribution < -0.4 is 0 Å². The monoisotopic (exact) mass is 236 g/mol. The lowest BCUT2D eigenvalue weighted by Crippen LogP contribution is -2.53. The van der Waals surface area contributed by atoms with Crippen LogP contribution in [0.4, 0.5) is 0 Å². The minimum atomic E-state index is 0.720. The standard InChI is InChI=1S/C14H22NO2/c1-15(7-10-16-11-8-15)9-12-17-13-14-5-3-2-4-6-14/h2-6H,7-13H2,1H3/q+1. The third kappa shape index (κ3) is 4.11. The molecule has 0 N–H and O–H groups in total. The summed E-state index contributed by atoms with van der Waals surface area (Å²) in [7, 11) is 2.29. The van der Waals surface area contributed by atoms with Gasteiger partial charge in [0.15, 0.2) is 0 Å². The van der Waals surface area contributed by atoms with Gasteiger partial charge in [-0.2, -0.15) is 0 Å². The van der Waals surface area contributed by atoms with E-state index in [1.165, 1.54) is 5.56 Å². The van der Waals surface area contributed by atoms with Crippen LogP contribution in [0.5, 0.6) is 0 Å². The van der Waals surface area contributed by atoms with E-state index in [1.807, 2.05) is 6.07 Å². The molecule has 0 saturated carbocycles. The molecule has 2 rings (SSSR count). The summed E-state index contributed by atoms with van der Waals surface area (Å²) < 4.78 is 12.2. The van der Waals surface area contributed by atoms with Gasteiger partial charge in [0, 0.05) is 0 Å². The fourth-order valence-corrected chi connectivity index (χ4v) is 2.06. The van der Waals surface area contributed by atoms with Crippen LogP contribution in [0.3, 0.4) is 0 Å². The van der Waals surface area contributed by atoms with Gasteiger partial charge < -0.3 is 14.0 Å². The highest BCUT2D eigenvalue weighted by Gasteiger charge is 2.24. The summed E-state index contributed by atoms with van der Waals surface area (Å²) in [4.78, 5) is 0. The zero-order valence-electron chi connectivity index (χ0n) is 10.6. The fourth-order valence-electron chi connectivity index (χ4n) is 2.06. The Kier molecular flexibility index (Phi) is 4.54. The van der Waals surface area contributed by atoms with Crippen molar-refractivity contribution in [2.75, 3.05) is 46.5 Å². The lowest BCUT2D eigenvalue weighted by Gasteiger charge is -2.37. The molecule has 0 aliphatic carbocycles. The van der Waals surface area contributed by atoms with E-state index in [1.54, 1.807) is 0 Å². The summed E-state index contributed by atoms with van der Waals surface area (Å²) in [6, 6.07) is 10.3. The van der Waals surface area contributed by atoms with E-state index in [-0.39, 0.29) is 0 Å². The molecule has 1 aromatic carbocycles. The van der Waals surface area contributed by atoms with Crippen molar-refractivity contribution >= 4 is 0 Å². The zero-order chi connectivity index (χ0) is 12.0. The van der Waals surface area contributed by atoms with E-state index >= 15 is 0 Å². The number of morpholine rings is 1. The minimum absolute atomic E-state index is 0.720. The third-order valence-electron chi connectivity index (χ3n) is 3.44. The van der Waals surface area contributed by atoms with Crippen LogP contribution in [0.25, 0.3) is 0 Å². The van der Waals surface area contributed by atoms with Crippen molar-refractivity contribution in [2.45, 2.75) is 6.61 Å². The van der Waals surface area contributed by atoms with Gasteiger partial charge in [-0.15, -0.1) is 0 Å². The van der Waals surface area contributed by atoms with E-state index in [4.69, 9.17) is 9.47 Å². The van der Waals surface area contributed by atoms with Gasteiger partial charge in [0.1, 0.15) is 19.6 Å².